The molecular formula is C20H22Cl2N2O4S. The molecule has 0 bridgehead atoms. The third kappa shape index (κ3) is 5.22. The van der Waals surface area contributed by atoms with Crippen molar-refractivity contribution >= 4 is 44.8 Å². The Morgan fingerprint density at radius 2 is 1.93 bits per heavy atom. The molecule has 1 N–H and O–H groups in total. The van der Waals surface area contributed by atoms with Crippen molar-refractivity contribution < 1.29 is 17.9 Å². The number of benzene rings is 2. The first-order valence-electron chi connectivity index (χ1n) is 9.21. The van der Waals surface area contributed by atoms with E-state index in [0.717, 1.165) is 22.7 Å². The molecule has 1 amide bonds. The van der Waals surface area contributed by atoms with E-state index >= 15 is 0 Å². The van der Waals surface area contributed by atoms with E-state index in [1.54, 1.807) is 24.3 Å². The molecule has 9 heteroatoms. The van der Waals surface area contributed by atoms with Crippen molar-refractivity contribution in [1.29, 1.82) is 0 Å². The first-order valence-corrected chi connectivity index (χ1v) is 11.4. The number of anilines is 1. The number of carbonyl (C=O) groups is 1. The summed E-state index contributed by atoms with van der Waals surface area (Å²) in [6.07, 6.45) is 1.77. The predicted octanol–water partition coefficient (Wildman–Crippen LogP) is 3.79. The van der Waals surface area contributed by atoms with Crippen LogP contribution < -0.4 is 9.62 Å². The van der Waals surface area contributed by atoms with E-state index in [9.17, 15) is 13.2 Å². The van der Waals surface area contributed by atoms with Gasteiger partial charge in [-0.25, -0.2) is 8.42 Å². The molecule has 0 aromatic heterocycles. The minimum Gasteiger partial charge on any atom is -0.376 e. The Morgan fingerprint density at radius 1 is 1.21 bits per heavy atom. The molecule has 1 aliphatic rings. The molecule has 0 spiro atoms. The fraction of sp³-hybridized carbons (Fsp3) is 0.350. The van der Waals surface area contributed by atoms with Gasteiger partial charge in [-0.05, 0) is 44.0 Å². The molecule has 3 rings (SSSR count). The minimum absolute atomic E-state index is 0.0455. The van der Waals surface area contributed by atoms with Gasteiger partial charge in [-0.3, -0.25) is 9.10 Å². The van der Waals surface area contributed by atoms with Crippen molar-refractivity contribution in [3.05, 3.63) is 58.1 Å². The van der Waals surface area contributed by atoms with Crippen molar-refractivity contribution in [2.24, 2.45) is 0 Å². The monoisotopic (exact) mass is 456 g/mol. The Hall–Kier alpha value is -1.80. The van der Waals surface area contributed by atoms with Crippen LogP contribution >= 0.6 is 23.2 Å². The van der Waals surface area contributed by atoms with Crippen LogP contribution in [-0.4, -0.2) is 40.1 Å². The highest BCUT2D eigenvalue weighted by Crippen LogP contribution is 2.35. The zero-order valence-corrected chi connectivity index (χ0v) is 18.2. The van der Waals surface area contributed by atoms with Gasteiger partial charge in [0.05, 0.1) is 26.7 Å². The van der Waals surface area contributed by atoms with E-state index in [0.29, 0.717) is 13.2 Å². The fourth-order valence-electron chi connectivity index (χ4n) is 3.04. The van der Waals surface area contributed by atoms with Gasteiger partial charge < -0.3 is 10.1 Å². The molecule has 2 aromatic carbocycles. The van der Waals surface area contributed by atoms with E-state index in [1.807, 2.05) is 6.92 Å². The van der Waals surface area contributed by atoms with Gasteiger partial charge in [-0.15, -0.1) is 0 Å². The normalized spacial score (nSPS) is 16.6. The smallest absolute Gasteiger partial charge is 0.264 e. The first kappa shape index (κ1) is 21.9. The summed E-state index contributed by atoms with van der Waals surface area (Å²) in [7, 11) is -4.04. The van der Waals surface area contributed by atoms with Gasteiger partial charge in [0, 0.05) is 13.2 Å². The highest BCUT2D eigenvalue weighted by atomic mass is 35.5. The summed E-state index contributed by atoms with van der Waals surface area (Å²) < 4.78 is 33.1. The fourth-order valence-corrected chi connectivity index (χ4v) is 4.92. The summed E-state index contributed by atoms with van der Waals surface area (Å²) >= 11 is 12.4. The van der Waals surface area contributed by atoms with E-state index in [2.05, 4.69) is 5.32 Å². The molecule has 0 radical (unpaired) electrons. The second-order valence-corrected chi connectivity index (χ2v) is 9.48. The maximum Gasteiger partial charge on any atom is 0.264 e. The number of rotatable bonds is 7. The lowest BCUT2D eigenvalue weighted by Crippen LogP contribution is -2.43. The van der Waals surface area contributed by atoms with E-state index in [-0.39, 0.29) is 26.7 Å². The minimum atomic E-state index is -4.04. The Balaban J connectivity index is 1.90. The summed E-state index contributed by atoms with van der Waals surface area (Å²) in [4.78, 5) is 12.6. The zero-order valence-electron chi connectivity index (χ0n) is 15.9. The largest absolute Gasteiger partial charge is 0.376 e. The zero-order chi connectivity index (χ0) is 21.0. The number of aryl methyl sites for hydroxylation is 1. The number of sulfonamides is 1. The molecular weight excluding hydrogens is 435 g/mol. The van der Waals surface area contributed by atoms with Crippen molar-refractivity contribution in [2.75, 3.05) is 24.0 Å². The summed E-state index contributed by atoms with van der Waals surface area (Å²) in [6, 6.07) is 11.1. The Bertz CT molecular complexity index is 974. The van der Waals surface area contributed by atoms with Crippen molar-refractivity contribution in [3.8, 4) is 0 Å². The average molecular weight is 457 g/mol. The van der Waals surface area contributed by atoms with Crippen LogP contribution in [0.25, 0.3) is 0 Å². The lowest BCUT2D eigenvalue weighted by Gasteiger charge is -2.25. The summed E-state index contributed by atoms with van der Waals surface area (Å²) in [6.45, 7) is 2.44. The number of nitrogens with zero attached hydrogens (tertiary/aromatic N) is 1. The van der Waals surface area contributed by atoms with Crippen LogP contribution in [0.5, 0.6) is 0 Å². The number of carbonyl (C=O) groups excluding carboxylic acids is 1. The summed E-state index contributed by atoms with van der Waals surface area (Å²) in [5, 5.41) is 3.01. The molecule has 2 aromatic rings. The second kappa shape index (κ2) is 9.34. The lowest BCUT2D eigenvalue weighted by molar-refractivity contribution is -0.120. The molecule has 6 nitrogen and oxygen atoms in total. The van der Waals surface area contributed by atoms with E-state index < -0.39 is 22.5 Å². The molecule has 1 fully saturated rings. The van der Waals surface area contributed by atoms with Crippen LogP contribution in [0.1, 0.15) is 18.4 Å². The van der Waals surface area contributed by atoms with Gasteiger partial charge in [0.25, 0.3) is 10.0 Å². The van der Waals surface area contributed by atoms with Gasteiger partial charge in [0.2, 0.25) is 5.91 Å². The molecule has 29 heavy (non-hydrogen) atoms. The SMILES string of the molecule is Cc1ccc(S(=O)(=O)N(CC(=O)NCC2CCCO2)c2cccc(Cl)c2Cl)cc1. The van der Waals surface area contributed by atoms with Crippen molar-refractivity contribution in [2.45, 2.75) is 30.8 Å². The standard InChI is InChI=1S/C20H22Cl2N2O4S/c1-14-7-9-16(10-8-14)29(26,27)24(18-6-2-5-17(21)20(18)22)13-19(25)23-12-15-4-3-11-28-15/h2,5-10,15H,3-4,11-13H2,1H3,(H,23,25). The molecule has 1 atom stereocenters. The van der Waals surface area contributed by atoms with Crippen molar-refractivity contribution in [1.82, 2.24) is 5.32 Å². The Morgan fingerprint density at radius 3 is 2.59 bits per heavy atom. The van der Waals surface area contributed by atoms with Gasteiger partial charge in [0.15, 0.2) is 0 Å². The van der Waals surface area contributed by atoms with Gasteiger partial charge in [0.1, 0.15) is 6.54 Å². The maximum atomic E-state index is 13.3. The van der Waals surface area contributed by atoms with Gasteiger partial charge >= 0.3 is 0 Å². The first-order chi connectivity index (χ1) is 13.8. The highest BCUT2D eigenvalue weighted by Gasteiger charge is 2.29. The number of hydrogen-bond donors (Lipinski definition) is 1. The average Bonchev–Trinajstić information content (AvgIpc) is 3.21. The van der Waals surface area contributed by atoms with Crippen molar-refractivity contribution in [3.63, 3.8) is 0 Å². The number of hydrogen-bond acceptors (Lipinski definition) is 4. The molecule has 1 heterocycles. The summed E-state index contributed by atoms with van der Waals surface area (Å²) in [5.41, 5.74) is 1.07. The maximum absolute atomic E-state index is 13.3. The Labute approximate surface area is 180 Å². The molecule has 0 aliphatic carbocycles. The quantitative estimate of drug-likeness (QED) is 0.687. The predicted molar refractivity (Wildman–Crippen MR) is 114 cm³/mol. The van der Waals surface area contributed by atoms with Crippen LogP contribution in [0.15, 0.2) is 47.4 Å². The van der Waals surface area contributed by atoms with E-state index in [1.165, 1.54) is 18.2 Å². The third-order valence-corrected chi connectivity index (χ3v) is 7.23. The number of nitrogens with one attached hydrogen (secondary N) is 1. The van der Waals surface area contributed by atoms with Gasteiger partial charge in [-0.1, -0.05) is 47.0 Å². The number of ether oxygens (including phenoxy) is 1. The molecule has 1 saturated heterocycles. The molecule has 0 saturated carbocycles. The number of amides is 1. The molecule has 156 valence electrons. The number of halogens is 2. The third-order valence-electron chi connectivity index (χ3n) is 4.65. The summed E-state index contributed by atoms with van der Waals surface area (Å²) in [5.74, 6) is -0.452. The van der Waals surface area contributed by atoms with E-state index in [4.69, 9.17) is 27.9 Å². The lowest BCUT2D eigenvalue weighted by atomic mass is 10.2. The topological polar surface area (TPSA) is 75.7 Å². The van der Waals surface area contributed by atoms with Crippen LogP contribution in [0.4, 0.5) is 5.69 Å². The van der Waals surface area contributed by atoms with Crippen LogP contribution in [0, 0.1) is 6.92 Å². The van der Waals surface area contributed by atoms with Gasteiger partial charge in [-0.2, -0.15) is 0 Å². The molecule has 1 aliphatic heterocycles. The second-order valence-electron chi connectivity index (χ2n) is 6.84. The van der Waals surface area contributed by atoms with Crippen LogP contribution in [0.2, 0.25) is 10.0 Å². The van der Waals surface area contributed by atoms with Crippen LogP contribution in [0.3, 0.4) is 0 Å². The highest BCUT2D eigenvalue weighted by molar-refractivity contribution is 7.92. The Kier molecular flexibility index (Phi) is 7.05. The van der Waals surface area contributed by atoms with Crippen LogP contribution in [-0.2, 0) is 19.6 Å². The molecule has 1 unspecified atom stereocenters.